The summed E-state index contributed by atoms with van der Waals surface area (Å²) in [5, 5.41) is 9.00. The van der Waals surface area contributed by atoms with Gasteiger partial charge in [0.05, 0.1) is 12.7 Å². The average molecular weight is 613 g/mol. The maximum absolute atomic E-state index is 14.2. The van der Waals surface area contributed by atoms with Crippen LogP contribution in [0.3, 0.4) is 0 Å². The molecule has 2 aromatic rings. The second kappa shape index (κ2) is 10.9. The van der Waals surface area contributed by atoms with Crippen LogP contribution in [0.1, 0.15) is 54.7 Å². The van der Waals surface area contributed by atoms with Crippen molar-refractivity contribution in [2.45, 2.75) is 62.6 Å². The molecule has 0 bridgehead atoms. The Morgan fingerprint density at radius 1 is 0.953 bits per heavy atom. The largest absolute Gasteiger partial charge is 0.430 e. The van der Waals surface area contributed by atoms with Crippen LogP contribution in [0.25, 0.3) is 0 Å². The standard InChI is InChI=1S/C31H28F8N2O2/c1-18(15-40)21-11-28(12-21)13-22(14-28)27(42)41-10-9-20(16-41)19-5-7-23(8-6-19)29(30(34,35)36,31(37,38)39)43-17-24-25(32)3-2-4-26(24)33/h2-8,20-22H,1,9-14,16-17H2/t20-,21?,22?,28?/m1/s1. The van der Waals surface area contributed by atoms with Gasteiger partial charge in [0.2, 0.25) is 5.91 Å². The zero-order valence-electron chi connectivity index (χ0n) is 22.9. The number of carbonyl (C=O) groups is 1. The number of nitrogens with zero attached hydrogens (tertiary/aromatic N) is 2. The fourth-order valence-corrected chi connectivity index (χ4v) is 6.88. The van der Waals surface area contributed by atoms with E-state index >= 15 is 0 Å². The van der Waals surface area contributed by atoms with E-state index in [4.69, 9.17) is 5.26 Å². The van der Waals surface area contributed by atoms with Crippen molar-refractivity contribution < 1.29 is 44.7 Å². The number of amides is 1. The normalized spacial score (nSPS) is 25.7. The van der Waals surface area contributed by atoms with E-state index in [1.165, 1.54) is 0 Å². The van der Waals surface area contributed by atoms with E-state index in [0.717, 1.165) is 43.9 Å². The molecule has 1 saturated heterocycles. The summed E-state index contributed by atoms with van der Waals surface area (Å²) in [6.07, 6.45) is -8.42. The van der Waals surface area contributed by atoms with Gasteiger partial charge in [-0.25, -0.2) is 8.78 Å². The van der Waals surface area contributed by atoms with E-state index in [0.29, 0.717) is 48.4 Å². The lowest BCUT2D eigenvalue weighted by atomic mass is 9.47. The Hall–Kier alpha value is -3.46. The number of likely N-dealkylation sites (tertiary alicyclic amines) is 1. The summed E-state index contributed by atoms with van der Waals surface area (Å²) in [6, 6.07) is 8.02. The van der Waals surface area contributed by atoms with Gasteiger partial charge in [-0.3, -0.25) is 4.79 Å². The highest BCUT2D eigenvalue weighted by Crippen LogP contribution is 2.63. The van der Waals surface area contributed by atoms with Gasteiger partial charge in [0.1, 0.15) is 11.6 Å². The third-order valence-corrected chi connectivity index (χ3v) is 9.28. The molecule has 12 heteroatoms. The van der Waals surface area contributed by atoms with Crippen LogP contribution in [0.5, 0.6) is 0 Å². The zero-order chi connectivity index (χ0) is 31.4. The number of rotatable bonds is 7. The molecular weight excluding hydrogens is 584 g/mol. The van der Waals surface area contributed by atoms with Crippen molar-refractivity contribution >= 4 is 5.91 Å². The maximum Gasteiger partial charge on any atom is 0.430 e. The first-order valence-electron chi connectivity index (χ1n) is 13.8. The molecule has 5 rings (SSSR count). The van der Waals surface area contributed by atoms with Crippen LogP contribution in [-0.2, 0) is 21.7 Å². The predicted octanol–water partition coefficient (Wildman–Crippen LogP) is 7.70. The summed E-state index contributed by atoms with van der Waals surface area (Å²) in [5.74, 6) is -2.97. The molecule has 2 aliphatic carbocycles. The molecule has 0 unspecified atom stereocenters. The number of nitriles is 1. The molecule has 3 aliphatic rings. The lowest BCUT2D eigenvalue weighted by Gasteiger charge is -2.57. The van der Waals surface area contributed by atoms with Gasteiger partial charge >= 0.3 is 12.4 Å². The minimum Gasteiger partial charge on any atom is -0.349 e. The minimum atomic E-state index is -6.02. The Morgan fingerprint density at radius 3 is 2.05 bits per heavy atom. The molecule has 1 heterocycles. The van der Waals surface area contributed by atoms with Crippen molar-refractivity contribution in [3.8, 4) is 6.07 Å². The van der Waals surface area contributed by atoms with Crippen molar-refractivity contribution in [2.75, 3.05) is 13.1 Å². The van der Waals surface area contributed by atoms with E-state index in [1.54, 1.807) is 4.90 Å². The van der Waals surface area contributed by atoms with Crippen molar-refractivity contribution in [1.82, 2.24) is 4.90 Å². The molecule has 0 aromatic heterocycles. The van der Waals surface area contributed by atoms with Gasteiger partial charge in [0.15, 0.2) is 0 Å². The van der Waals surface area contributed by atoms with Crippen LogP contribution >= 0.6 is 0 Å². The van der Waals surface area contributed by atoms with E-state index in [1.807, 2.05) is 0 Å². The molecule has 43 heavy (non-hydrogen) atoms. The zero-order valence-corrected chi connectivity index (χ0v) is 22.9. The maximum atomic E-state index is 14.2. The Balaban J connectivity index is 1.28. The van der Waals surface area contributed by atoms with Gasteiger partial charge in [0, 0.05) is 41.6 Å². The van der Waals surface area contributed by atoms with Crippen molar-refractivity contribution in [1.29, 1.82) is 5.26 Å². The third-order valence-electron chi connectivity index (χ3n) is 9.28. The predicted molar refractivity (Wildman–Crippen MR) is 138 cm³/mol. The molecular formula is C31H28F8N2O2. The topological polar surface area (TPSA) is 53.3 Å². The molecule has 1 atom stereocenters. The Morgan fingerprint density at radius 2 is 1.51 bits per heavy atom. The molecule has 4 nitrogen and oxygen atoms in total. The summed E-state index contributed by atoms with van der Waals surface area (Å²) < 4.78 is 118. The van der Waals surface area contributed by atoms with E-state index in [-0.39, 0.29) is 35.6 Å². The van der Waals surface area contributed by atoms with Crippen LogP contribution in [0.2, 0.25) is 0 Å². The highest BCUT2D eigenvalue weighted by molar-refractivity contribution is 5.80. The molecule has 3 fully saturated rings. The van der Waals surface area contributed by atoms with Crippen molar-refractivity contribution in [3.63, 3.8) is 0 Å². The second-order valence-corrected chi connectivity index (χ2v) is 11.9. The van der Waals surface area contributed by atoms with Crippen LogP contribution in [0.4, 0.5) is 35.1 Å². The molecule has 230 valence electrons. The number of alkyl halides is 6. The van der Waals surface area contributed by atoms with Crippen LogP contribution < -0.4 is 0 Å². The molecule has 1 spiro atoms. The van der Waals surface area contributed by atoms with Gasteiger partial charge < -0.3 is 9.64 Å². The first-order valence-corrected chi connectivity index (χ1v) is 13.8. The highest BCUT2D eigenvalue weighted by atomic mass is 19.4. The van der Waals surface area contributed by atoms with E-state index in [2.05, 4.69) is 17.4 Å². The van der Waals surface area contributed by atoms with Gasteiger partial charge in [-0.2, -0.15) is 31.6 Å². The van der Waals surface area contributed by atoms with Crippen LogP contribution in [0, 0.1) is 40.2 Å². The van der Waals surface area contributed by atoms with E-state index in [9.17, 15) is 39.9 Å². The van der Waals surface area contributed by atoms with Gasteiger partial charge in [-0.1, -0.05) is 36.9 Å². The fourth-order valence-electron chi connectivity index (χ4n) is 6.88. The summed E-state index contributed by atoms with van der Waals surface area (Å²) in [7, 11) is 0. The van der Waals surface area contributed by atoms with Crippen LogP contribution in [0.15, 0.2) is 54.6 Å². The third kappa shape index (κ3) is 5.41. The van der Waals surface area contributed by atoms with Gasteiger partial charge in [0.25, 0.3) is 5.60 Å². The van der Waals surface area contributed by atoms with Crippen molar-refractivity contribution in [2.24, 2.45) is 17.3 Å². The quantitative estimate of drug-likeness (QED) is 0.238. The molecule has 2 aromatic carbocycles. The summed E-state index contributed by atoms with van der Waals surface area (Å²) in [6.45, 7) is 2.84. The number of halogens is 8. The average Bonchev–Trinajstić information content (AvgIpc) is 3.38. The Bertz CT molecular complexity index is 1400. The summed E-state index contributed by atoms with van der Waals surface area (Å²) in [4.78, 5) is 14.8. The number of hydrogen-bond donors (Lipinski definition) is 0. The molecule has 0 radical (unpaired) electrons. The lowest BCUT2D eigenvalue weighted by molar-refractivity contribution is -0.392. The first kappa shape index (κ1) is 31.0. The van der Waals surface area contributed by atoms with Gasteiger partial charge in [-0.05, 0) is 61.1 Å². The highest BCUT2D eigenvalue weighted by Gasteiger charge is 2.73. The molecule has 1 amide bonds. The SMILES string of the molecule is C=C(C#N)C1CC2(C1)CC(C(=O)N1CC[C@@H](c3ccc(C(OCc4c(F)cccc4F)(C(F)(F)F)C(F)(F)F)cc3)C1)C2. The number of allylic oxidation sites excluding steroid dienone is 1. The molecule has 1 aliphatic heterocycles. The fraction of sp³-hybridized carbons (Fsp3) is 0.484. The first-order chi connectivity index (χ1) is 20.1. The van der Waals surface area contributed by atoms with Crippen molar-refractivity contribution in [3.05, 3.63) is 82.9 Å². The number of benzene rings is 2. The summed E-state index contributed by atoms with van der Waals surface area (Å²) >= 11 is 0. The smallest absolute Gasteiger partial charge is 0.349 e. The lowest BCUT2D eigenvalue weighted by Crippen LogP contribution is -2.55. The molecule has 0 N–H and O–H groups in total. The second-order valence-electron chi connectivity index (χ2n) is 11.9. The minimum absolute atomic E-state index is 0.0192. The summed E-state index contributed by atoms with van der Waals surface area (Å²) in [5.41, 5.74) is -6.10. The number of carbonyl (C=O) groups excluding carboxylic acids is 1. The number of ether oxygens (including phenoxy) is 1. The Labute approximate surface area is 242 Å². The monoisotopic (exact) mass is 612 g/mol. The molecule has 2 saturated carbocycles. The van der Waals surface area contributed by atoms with Gasteiger partial charge in [-0.15, -0.1) is 0 Å². The Kier molecular flexibility index (Phi) is 7.86. The number of hydrogen-bond acceptors (Lipinski definition) is 3. The van der Waals surface area contributed by atoms with Crippen LogP contribution in [-0.4, -0.2) is 36.2 Å². The van der Waals surface area contributed by atoms with E-state index < -0.39 is 47.3 Å².